The standard InChI is InChI=1S/C12H15BrN2O4S/c13-12-7-11(15(16)17)2-1-9(12)8-14-10-3-5-20(18,19)6-4-10/h1-2,7,10,14H,3-6,8H2. The second-order valence-electron chi connectivity index (χ2n) is 4.84. The Morgan fingerprint density at radius 2 is 2.00 bits per heavy atom. The van der Waals surface area contributed by atoms with Gasteiger partial charge >= 0.3 is 0 Å². The Bertz CT molecular complexity index is 604. The van der Waals surface area contributed by atoms with Gasteiger partial charge in [-0.2, -0.15) is 0 Å². The molecule has 1 heterocycles. The van der Waals surface area contributed by atoms with Gasteiger partial charge in [-0.05, 0) is 24.5 Å². The van der Waals surface area contributed by atoms with E-state index < -0.39 is 14.8 Å². The Morgan fingerprint density at radius 3 is 2.55 bits per heavy atom. The van der Waals surface area contributed by atoms with Crippen LogP contribution in [0.4, 0.5) is 5.69 Å². The van der Waals surface area contributed by atoms with Crippen molar-refractivity contribution in [2.45, 2.75) is 25.4 Å². The molecule has 110 valence electrons. The van der Waals surface area contributed by atoms with E-state index in [-0.39, 0.29) is 23.2 Å². The molecule has 1 aliphatic rings. The van der Waals surface area contributed by atoms with Crippen LogP contribution in [0.1, 0.15) is 18.4 Å². The third kappa shape index (κ3) is 4.00. The zero-order valence-electron chi connectivity index (χ0n) is 10.7. The number of hydrogen-bond acceptors (Lipinski definition) is 5. The number of benzene rings is 1. The van der Waals surface area contributed by atoms with Gasteiger partial charge in [-0.3, -0.25) is 10.1 Å². The van der Waals surface area contributed by atoms with Crippen molar-refractivity contribution in [2.24, 2.45) is 0 Å². The largest absolute Gasteiger partial charge is 0.310 e. The van der Waals surface area contributed by atoms with Crippen LogP contribution in [0.2, 0.25) is 0 Å². The topological polar surface area (TPSA) is 89.3 Å². The molecule has 20 heavy (non-hydrogen) atoms. The number of sulfone groups is 1. The monoisotopic (exact) mass is 362 g/mol. The highest BCUT2D eigenvalue weighted by molar-refractivity contribution is 9.10. The molecule has 8 heteroatoms. The van der Waals surface area contributed by atoms with Crippen LogP contribution >= 0.6 is 15.9 Å². The summed E-state index contributed by atoms with van der Waals surface area (Å²) in [5.74, 6) is 0.457. The summed E-state index contributed by atoms with van der Waals surface area (Å²) in [6, 6.07) is 4.82. The van der Waals surface area contributed by atoms with Gasteiger partial charge in [0, 0.05) is 29.2 Å². The molecular formula is C12H15BrN2O4S. The summed E-state index contributed by atoms with van der Waals surface area (Å²) in [6.45, 7) is 0.559. The van der Waals surface area contributed by atoms with Crippen molar-refractivity contribution in [3.63, 3.8) is 0 Å². The number of rotatable bonds is 4. The van der Waals surface area contributed by atoms with Crippen molar-refractivity contribution in [2.75, 3.05) is 11.5 Å². The third-order valence-corrected chi connectivity index (χ3v) is 5.84. The Balaban J connectivity index is 1.93. The van der Waals surface area contributed by atoms with Crippen LogP contribution in [0.15, 0.2) is 22.7 Å². The minimum Gasteiger partial charge on any atom is -0.310 e. The van der Waals surface area contributed by atoms with E-state index in [0.29, 0.717) is 23.9 Å². The molecule has 2 rings (SSSR count). The predicted octanol–water partition coefficient (Wildman–Crippen LogP) is 2.02. The zero-order chi connectivity index (χ0) is 14.8. The SMILES string of the molecule is O=[N+]([O-])c1ccc(CNC2CCS(=O)(=O)CC2)c(Br)c1. The van der Waals surface area contributed by atoms with Crippen molar-refractivity contribution in [1.29, 1.82) is 0 Å². The Hall–Kier alpha value is -0.990. The quantitative estimate of drug-likeness (QED) is 0.653. The molecule has 1 aromatic rings. The van der Waals surface area contributed by atoms with Gasteiger partial charge in [0.25, 0.3) is 5.69 Å². The smallest absolute Gasteiger partial charge is 0.270 e. The van der Waals surface area contributed by atoms with Crippen LogP contribution in [0.25, 0.3) is 0 Å². The summed E-state index contributed by atoms with van der Waals surface area (Å²) < 4.78 is 23.3. The average Bonchev–Trinajstić information content (AvgIpc) is 2.38. The molecule has 0 atom stereocenters. The molecule has 0 amide bonds. The zero-order valence-corrected chi connectivity index (χ0v) is 13.1. The summed E-state index contributed by atoms with van der Waals surface area (Å²) >= 11 is 3.32. The number of nitro groups is 1. The van der Waals surface area contributed by atoms with Crippen LogP contribution in [0.5, 0.6) is 0 Å². The molecule has 0 unspecified atom stereocenters. The van der Waals surface area contributed by atoms with Gasteiger partial charge in [-0.15, -0.1) is 0 Å². The van der Waals surface area contributed by atoms with Crippen LogP contribution < -0.4 is 5.32 Å². The van der Waals surface area contributed by atoms with E-state index in [4.69, 9.17) is 0 Å². The second kappa shape index (κ2) is 6.19. The maximum atomic E-state index is 11.3. The van der Waals surface area contributed by atoms with E-state index in [1.54, 1.807) is 6.07 Å². The van der Waals surface area contributed by atoms with Gasteiger partial charge in [0.2, 0.25) is 0 Å². The summed E-state index contributed by atoms with van der Waals surface area (Å²) in [5.41, 5.74) is 0.966. The van der Waals surface area contributed by atoms with Gasteiger partial charge in [0.15, 0.2) is 0 Å². The minimum absolute atomic E-state index is 0.0457. The Morgan fingerprint density at radius 1 is 1.35 bits per heavy atom. The molecule has 0 radical (unpaired) electrons. The number of nitrogens with one attached hydrogen (secondary N) is 1. The van der Waals surface area contributed by atoms with E-state index in [1.807, 2.05) is 0 Å². The van der Waals surface area contributed by atoms with Gasteiger partial charge < -0.3 is 5.32 Å². The van der Waals surface area contributed by atoms with E-state index in [1.165, 1.54) is 12.1 Å². The van der Waals surface area contributed by atoms with E-state index in [0.717, 1.165) is 5.56 Å². The first-order valence-electron chi connectivity index (χ1n) is 6.24. The number of nitro benzene ring substituents is 1. The van der Waals surface area contributed by atoms with Gasteiger partial charge in [0.1, 0.15) is 9.84 Å². The second-order valence-corrected chi connectivity index (χ2v) is 8.00. The summed E-state index contributed by atoms with van der Waals surface area (Å²) in [4.78, 5) is 10.2. The Kier molecular flexibility index (Phi) is 4.77. The molecule has 6 nitrogen and oxygen atoms in total. The van der Waals surface area contributed by atoms with E-state index in [9.17, 15) is 18.5 Å². The molecule has 1 saturated heterocycles. The molecule has 0 aliphatic carbocycles. The maximum absolute atomic E-state index is 11.3. The van der Waals surface area contributed by atoms with Crippen molar-refractivity contribution in [3.05, 3.63) is 38.3 Å². The predicted molar refractivity (Wildman–Crippen MR) is 79.3 cm³/mol. The molecule has 1 aromatic carbocycles. The number of halogens is 1. The van der Waals surface area contributed by atoms with E-state index in [2.05, 4.69) is 21.2 Å². The Labute approximate surface area is 125 Å². The molecule has 1 aliphatic heterocycles. The minimum atomic E-state index is -2.85. The van der Waals surface area contributed by atoms with Crippen LogP contribution in [0.3, 0.4) is 0 Å². The number of nitrogens with zero attached hydrogens (tertiary/aromatic N) is 1. The molecular weight excluding hydrogens is 348 g/mol. The maximum Gasteiger partial charge on any atom is 0.270 e. The highest BCUT2D eigenvalue weighted by Gasteiger charge is 2.23. The highest BCUT2D eigenvalue weighted by atomic mass is 79.9. The first-order chi connectivity index (χ1) is 9.37. The molecule has 0 bridgehead atoms. The first-order valence-corrected chi connectivity index (χ1v) is 8.85. The van der Waals surface area contributed by atoms with Crippen molar-refractivity contribution in [1.82, 2.24) is 5.32 Å². The lowest BCUT2D eigenvalue weighted by molar-refractivity contribution is -0.384. The average molecular weight is 363 g/mol. The van der Waals surface area contributed by atoms with Gasteiger partial charge in [-0.25, -0.2) is 8.42 Å². The fourth-order valence-corrected chi connectivity index (χ4v) is 4.14. The molecule has 1 fully saturated rings. The van der Waals surface area contributed by atoms with Gasteiger partial charge in [-0.1, -0.05) is 15.9 Å². The van der Waals surface area contributed by atoms with Gasteiger partial charge in [0.05, 0.1) is 16.4 Å². The lowest BCUT2D eigenvalue weighted by Crippen LogP contribution is -2.37. The van der Waals surface area contributed by atoms with E-state index >= 15 is 0 Å². The highest BCUT2D eigenvalue weighted by Crippen LogP contribution is 2.23. The van der Waals surface area contributed by atoms with Crippen molar-refractivity contribution in [3.8, 4) is 0 Å². The molecule has 0 spiro atoms. The number of non-ortho nitro benzene ring substituents is 1. The summed E-state index contributed by atoms with van der Waals surface area (Å²) in [5, 5.41) is 13.9. The van der Waals surface area contributed by atoms with Crippen LogP contribution in [-0.4, -0.2) is 30.9 Å². The molecule has 1 N–H and O–H groups in total. The number of hydrogen-bond donors (Lipinski definition) is 1. The summed E-state index contributed by atoms with van der Waals surface area (Å²) in [7, 11) is -2.85. The molecule has 0 aromatic heterocycles. The third-order valence-electron chi connectivity index (χ3n) is 3.38. The van der Waals surface area contributed by atoms with Crippen LogP contribution in [-0.2, 0) is 16.4 Å². The first kappa shape index (κ1) is 15.4. The fourth-order valence-electron chi connectivity index (χ4n) is 2.14. The summed E-state index contributed by atoms with van der Waals surface area (Å²) in [6.07, 6.45) is 1.24. The lowest BCUT2D eigenvalue weighted by atomic mass is 10.1. The van der Waals surface area contributed by atoms with Crippen LogP contribution in [0, 0.1) is 10.1 Å². The van der Waals surface area contributed by atoms with Crippen molar-refractivity contribution >= 4 is 31.5 Å². The normalized spacial score (nSPS) is 18.9. The molecule has 0 saturated carbocycles. The fraction of sp³-hybridized carbons (Fsp3) is 0.500. The van der Waals surface area contributed by atoms with Crippen molar-refractivity contribution < 1.29 is 13.3 Å². The lowest BCUT2D eigenvalue weighted by Gasteiger charge is -2.23.